The molecule has 0 aliphatic rings. The van der Waals surface area contributed by atoms with Crippen molar-refractivity contribution in [1.29, 1.82) is 0 Å². The standard InChI is InChI=1S/C13H13N3O3S/c1-7-3-5-9(6-4-7)15-12(19)16-13-14-8(2)10(20-13)11(17)18/h3-6H,1-2H3,(H,17,18)(H2,14,15,16,19). The molecule has 7 heteroatoms. The lowest BCUT2D eigenvalue weighted by molar-refractivity contribution is 0.0701. The van der Waals surface area contributed by atoms with Crippen molar-refractivity contribution in [1.82, 2.24) is 4.98 Å². The number of nitrogens with one attached hydrogen (secondary N) is 2. The zero-order valence-corrected chi connectivity index (χ0v) is 11.7. The Morgan fingerprint density at radius 3 is 2.35 bits per heavy atom. The molecule has 1 aromatic heterocycles. The molecule has 20 heavy (non-hydrogen) atoms. The summed E-state index contributed by atoms with van der Waals surface area (Å²) in [6.45, 7) is 3.54. The van der Waals surface area contributed by atoms with Crippen LogP contribution in [-0.2, 0) is 0 Å². The zero-order chi connectivity index (χ0) is 14.7. The fourth-order valence-corrected chi connectivity index (χ4v) is 2.34. The van der Waals surface area contributed by atoms with Crippen LogP contribution in [0.5, 0.6) is 0 Å². The molecule has 0 radical (unpaired) electrons. The van der Waals surface area contributed by atoms with Crippen molar-refractivity contribution >= 4 is 34.2 Å². The van der Waals surface area contributed by atoms with Crippen LogP contribution in [0.4, 0.5) is 15.6 Å². The number of carbonyl (C=O) groups excluding carboxylic acids is 1. The molecule has 2 amide bonds. The highest BCUT2D eigenvalue weighted by molar-refractivity contribution is 7.17. The van der Waals surface area contributed by atoms with Gasteiger partial charge in [0.2, 0.25) is 0 Å². The van der Waals surface area contributed by atoms with Gasteiger partial charge in [-0.25, -0.2) is 14.6 Å². The summed E-state index contributed by atoms with van der Waals surface area (Å²) in [5, 5.41) is 14.3. The molecule has 104 valence electrons. The van der Waals surface area contributed by atoms with E-state index in [9.17, 15) is 9.59 Å². The maximum Gasteiger partial charge on any atom is 0.347 e. The quantitative estimate of drug-likeness (QED) is 0.810. The molecule has 0 bridgehead atoms. The lowest BCUT2D eigenvalue weighted by atomic mass is 10.2. The van der Waals surface area contributed by atoms with Crippen molar-refractivity contribution in [3.05, 3.63) is 40.4 Å². The second kappa shape index (κ2) is 5.70. The van der Waals surface area contributed by atoms with Gasteiger partial charge in [-0.1, -0.05) is 29.0 Å². The van der Waals surface area contributed by atoms with Crippen molar-refractivity contribution in [2.45, 2.75) is 13.8 Å². The van der Waals surface area contributed by atoms with Gasteiger partial charge in [0.05, 0.1) is 5.69 Å². The molecule has 0 atom stereocenters. The number of carboxylic acids is 1. The number of aromatic nitrogens is 1. The fourth-order valence-electron chi connectivity index (χ4n) is 1.54. The molecule has 1 heterocycles. The molecule has 0 aliphatic heterocycles. The first-order valence-corrected chi connectivity index (χ1v) is 6.63. The van der Waals surface area contributed by atoms with Gasteiger partial charge in [-0.15, -0.1) is 0 Å². The third kappa shape index (κ3) is 3.33. The van der Waals surface area contributed by atoms with E-state index in [0.29, 0.717) is 11.4 Å². The monoisotopic (exact) mass is 291 g/mol. The first kappa shape index (κ1) is 14.0. The van der Waals surface area contributed by atoms with Gasteiger partial charge < -0.3 is 10.4 Å². The van der Waals surface area contributed by atoms with Gasteiger partial charge in [-0.3, -0.25) is 5.32 Å². The first-order chi connectivity index (χ1) is 9.45. The molecule has 0 unspecified atom stereocenters. The van der Waals surface area contributed by atoms with E-state index in [1.807, 2.05) is 19.1 Å². The third-order valence-electron chi connectivity index (χ3n) is 2.52. The summed E-state index contributed by atoms with van der Waals surface area (Å²) < 4.78 is 0. The maximum absolute atomic E-state index is 11.8. The Bertz CT molecular complexity index is 649. The van der Waals surface area contributed by atoms with Gasteiger partial charge in [0.15, 0.2) is 5.13 Å². The number of hydrogen-bond acceptors (Lipinski definition) is 4. The Labute approximate surface area is 119 Å². The Balaban J connectivity index is 2.03. The predicted octanol–water partition coefficient (Wildman–Crippen LogP) is 3.10. The van der Waals surface area contributed by atoms with Gasteiger partial charge in [0.25, 0.3) is 0 Å². The predicted molar refractivity (Wildman–Crippen MR) is 77.6 cm³/mol. The van der Waals surface area contributed by atoms with Crippen LogP contribution in [0.1, 0.15) is 20.9 Å². The molecule has 0 saturated carbocycles. The first-order valence-electron chi connectivity index (χ1n) is 5.81. The smallest absolute Gasteiger partial charge is 0.347 e. The Morgan fingerprint density at radius 2 is 1.80 bits per heavy atom. The highest BCUT2D eigenvalue weighted by Gasteiger charge is 2.15. The SMILES string of the molecule is Cc1ccc(NC(=O)Nc2nc(C)c(C(=O)O)s2)cc1. The van der Waals surface area contributed by atoms with Crippen LogP contribution in [0.15, 0.2) is 24.3 Å². The minimum absolute atomic E-state index is 0.121. The van der Waals surface area contributed by atoms with E-state index < -0.39 is 12.0 Å². The lowest BCUT2D eigenvalue weighted by Gasteiger charge is -2.05. The van der Waals surface area contributed by atoms with Crippen molar-refractivity contribution in [3.63, 3.8) is 0 Å². The van der Waals surface area contributed by atoms with Crippen LogP contribution in [0.2, 0.25) is 0 Å². The number of benzene rings is 1. The molecule has 0 saturated heterocycles. The van der Waals surface area contributed by atoms with Gasteiger partial charge in [-0.05, 0) is 26.0 Å². The van der Waals surface area contributed by atoms with E-state index >= 15 is 0 Å². The van der Waals surface area contributed by atoms with Gasteiger partial charge in [0, 0.05) is 5.69 Å². The number of rotatable bonds is 3. The Morgan fingerprint density at radius 1 is 1.15 bits per heavy atom. The highest BCUT2D eigenvalue weighted by atomic mass is 32.1. The molecular weight excluding hydrogens is 278 g/mol. The Kier molecular flexibility index (Phi) is 3.99. The van der Waals surface area contributed by atoms with Crippen LogP contribution in [-0.4, -0.2) is 22.1 Å². The number of carbonyl (C=O) groups is 2. The van der Waals surface area contributed by atoms with Crippen LogP contribution in [0.25, 0.3) is 0 Å². The van der Waals surface area contributed by atoms with E-state index in [0.717, 1.165) is 16.9 Å². The molecule has 1 aromatic carbocycles. The van der Waals surface area contributed by atoms with Gasteiger partial charge in [-0.2, -0.15) is 0 Å². The number of hydrogen-bond donors (Lipinski definition) is 3. The number of anilines is 2. The van der Waals surface area contributed by atoms with Crippen molar-refractivity contribution in [3.8, 4) is 0 Å². The van der Waals surface area contributed by atoms with E-state index in [4.69, 9.17) is 5.11 Å². The summed E-state index contributed by atoms with van der Waals surface area (Å²) in [6, 6.07) is 6.87. The molecule has 6 nitrogen and oxygen atoms in total. The molecule has 2 rings (SSSR count). The number of urea groups is 1. The van der Waals surface area contributed by atoms with Crippen LogP contribution < -0.4 is 10.6 Å². The maximum atomic E-state index is 11.8. The number of aryl methyl sites for hydroxylation is 2. The van der Waals surface area contributed by atoms with E-state index in [1.54, 1.807) is 19.1 Å². The van der Waals surface area contributed by atoms with Gasteiger partial charge >= 0.3 is 12.0 Å². The highest BCUT2D eigenvalue weighted by Crippen LogP contribution is 2.22. The number of aromatic carboxylic acids is 1. The average molecular weight is 291 g/mol. The normalized spacial score (nSPS) is 10.1. The Hall–Kier alpha value is -2.41. The topological polar surface area (TPSA) is 91.3 Å². The zero-order valence-electron chi connectivity index (χ0n) is 10.9. The van der Waals surface area contributed by atoms with Crippen molar-refractivity contribution < 1.29 is 14.7 Å². The van der Waals surface area contributed by atoms with Crippen LogP contribution in [0.3, 0.4) is 0 Å². The summed E-state index contributed by atoms with van der Waals surface area (Å²) in [5.74, 6) is -1.05. The number of nitrogens with zero attached hydrogens (tertiary/aromatic N) is 1. The number of amides is 2. The van der Waals surface area contributed by atoms with Gasteiger partial charge in [0.1, 0.15) is 4.88 Å². The summed E-state index contributed by atoms with van der Waals surface area (Å²) in [4.78, 5) is 26.8. The average Bonchev–Trinajstić information content (AvgIpc) is 2.73. The molecular formula is C13H13N3O3S. The largest absolute Gasteiger partial charge is 0.477 e. The minimum atomic E-state index is -1.05. The minimum Gasteiger partial charge on any atom is -0.477 e. The summed E-state index contributed by atoms with van der Waals surface area (Å²) in [7, 11) is 0. The second-order valence-electron chi connectivity index (χ2n) is 4.18. The molecule has 0 fully saturated rings. The van der Waals surface area contributed by atoms with E-state index in [2.05, 4.69) is 15.6 Å². The summed E-state index contributed by atoms with van der Waals surface area (Å²) >= 11 is 0.926. The third-order valence-corrected chi connectivity index (χ3v) is 3.58. The summed E-state index contributed by atoms with van der Waals surface area (Å²) in [5.41, 5.74) is 2.13. The fraction of sp³-hybridized carbons (Fsp3) is 0.154. The van der Waals surface area contributed by atoms with E-state index in [-0.39, 0.29) is 10.0 Å². The van der Waals surface area contributed by atoms with Crippen molar-refractivity contribution in [2.24, 2.45) is 0 Å². The number of thiazole rings is 1. The molecule has 0 spiro atoms. The number of carboxylic acid groups (broad SMARTS) is 1. The van der Waals surface area contributed by atoms with Crippen molar-refractivity contribution in [2.75, 3.05) is 10.6 Å². The summed E-state index contributed by atoms with van der Waals surface area (Å²) in [6.07, 6.45) is 0. The lowest BCUT2D eigenvalue weighted by Crippen LogP contribution is -2.19. The molecule has 0 aliphatic carbocycles. The second-order valence-corrected chi connectivity index (χ2v) is 5.18. The molecule has 3 N–H and O–H groups in total. The molecule has 2 aromatic rings. The van der Waals surface area contributed by atoms with E-state index in [1.165, 1.54) is 0 Å². The van der Waals surface area contributed by atoms with Crippen LogP contribution >= 0.6 is 11.3 Å². The van der Waals surface area contributed by atoms with Crippen LogP contribution in [0, 0.1) is 13.8 Å².